The predicted octanol–water partition coefficient (Wildman–Crippen LogP) is 8.73. The zero-order valence-corrected chi connectivity index (χ0v) is 37.0. The molecule has 328 valence electrons. The maximum absolute atomic E-state index is 14.0. The van der Waals surface area contributed by atoms with E-state index in [0.717, 1.165) is 91.2 Å². The van der Waals surface area contributed by atoms with Crippen molar-refractivity contribution in [2.24, 2.45) is 5.41 Å². The van der Waals surface area contributed by atoms with E-state index >= 15 is 0 Å². The van der Waals surface area contributed by atoms with E-state index in [1.54, 1.807) is 17.2 Å². The molecule has 2 fully saturated rings. The first-order valence-corrected chi connectivity index (χ1v) is 22.7. The van der Waals surface area contributed by atoms with Crippen molar-refractivity contribution in [1.29, 1.82) is 0 Å². The minimum absolute atomic E-state index is 0.00989. The third kappa shape index (κ3) is 9.81. The van der Waals surface area contributed by atoms with Gasteiger partial charge < -0.3 is 29.6 Å². The maximum Gasteiger partial charge on any atom is 0.293 e. The molecule has 0 unspecified atom stereocenters. The molecule has 0 bridgehead atoms. The van der Waals surface area contributed by atoms with Gasteiger partial charge in [-0.05, 0) is 102 Å². The lowest BCUT2D eigenvalue weighted by Crippen LogP contribution is -2.47. The number of aromatic nitrogens is 2. The molecule has 9 rings (SSSR count). The van der Waals surface area contributed by atoms with Crippen molar-refractivity contribution in [3.63, 3.8) is 0 Å². The summed E-state index contributed by atoms with van der Waals surface area (Å²) in [4.78, 5) is 53.5. The first-order valence-electron chi connectivity index (χ1n) is 21.5. The number of piperazine rings is 1. The molecule has 0 radical (unpaired) electrons. The van der Waals surface area contributed by atoms with Crippen LogP contribution in [0.4, 0.5) is 17.1 Å². The highest BCUT2D eigenvalue weighted by Gasteiger charge is 2.33. The molecule has 5 heterocycles. The fourth-order valence-electron chi connectivity index (χ4n) is 9.12. The number of morpholine rings is 1. The van der Waals surface area contributed by atoms with Gasteiger partial charge in [0.1, 0.15) is 22.8 Å². The number of nitro benzene ring substituents is 1. The number of fused-ring (bicyclic) bond motifs is 2. The summed E-state index contributed by atoms with van der Waals surface area (Å²) in [5.41, 5.74) is 7.46. The van der Waals surface area contributed by atoms with Gasteiger partial charge in [-0.1, -0.05) is 43.2 Å². The van der Waals surface area contributed by atoms with Gasteiger partial charge in [-0.25, -0.2) is 4.98 Å². The highest BCUT2D eigenvalue weighted by Crippen LogP contribution is 2.44. The fourth-order valence-corrected chi connectivity index (χ4v) is 9.94. The summed E-state index contributed by atoms with van der Waals surface area (Å²) in [6.45, 7) is 11.1. The predicted molar refractivity (Wildman–Crippen MR) is 247 cm³/mol. The lowest BCUT2D eigenvalue weighted by atomic mass is 9.72. The summed E-state index contributed by atoms with van der Waals surface area (Å²) in [5, 5.41) is 17.1. The standard InChI is InChI=1S/C47H51ClN8O6S/c1-47(2)11-9-32(40(27-47)30-3-5-34(48)6-4-30)29-53-13-15-54(16-14-53)36-7-8-39(42(25-36)62-37-22-31-10-12-49-45(31)50-28-37)46(58)52-63-38-23-33-21-35(51-44(33)41(26-38)56(59)60)24-43(57)55-17-19-61-20-18-55/h3-8,10,12,22-23,25-26,28,35,51H,9,11,13-21,24,27,29H2,1-2H3,(H,49,50)(H,52,58)/t35-/m1/s1. The first kappa shape index (κ1) is 42.7. The van der Waals surface area contributed by atoms with Crippen molar-refractivity contribution in [2.75, 3.05) is 69.2 Å². The van der Waals surface area contributed by atoms with Gasteiger partial charge in [0.25, 0.3) is 11.6 Å². The van der Waals surface area contributed by atoms with Gasteiger partial charge in [0.2, 0.25) is 5.91 Å². The zero-order valence-electron chi connectivity index (χ0n) is 35.5. The highest BCUT2D eigenvalue weighted by molar-refractivity contribution is 7.98. The Labute approximate surface area is 375 Å². The van der Waals surface area contributed by atoms with Crippen molar-refractivity contribution in [3.05, 3.63) is 117 Å². The minimum atomic E-state index is -0.434. The Morgan fingerprint density at radius 1 is 1.03 bits per heavy atom. The molecule has 3 aromatic carbocycles. The van der Waals surface area contributed by atoms with E-state index < -0.39 is 10.8 Å². The molecule has 0 spiro atoms. The number of anilines is 2. The Balaban J connectivity index is 0.901. The van der Waals surface area contributed by atoms with Crippen LogP contribution in [-0.2, 0) is 16.0 Å². The number of H-pyrrole nitrogens is 1. The number of benzene rings is 3. The molecule has 3 N–H and O–H groups in total. The highest BCUT2D eigenvalue weighted by atomic mass is 35.5. The van der Waals surface area contributed by atoms with Crippen LogP contribution in [0.3, 0.4) is 0 Å². The van der Waals surface area contributed by atoms with Gasteiger partial charge in [-0.3, -0.25) is 29.3 Å². The molecule has 3 aliphatic heterocycles. The van der Waals surface area contributed by atoms with E-state index in [-0.39, 0.29) is 29.5 Å². The summed E-state index contributed by atoms with van der Waals surface area (Å²) in [7, 11) is 0. The van der Waals surface area contributed by atoms with E-state index in [2.05, 4.69) is 55.8 Å². The van der Waals surface area contributed by atoms with Crippen molar-refractivity contribution >= 4 is 69.0 Å². The largest absolute Gasteiger partial charge is 0.455 e. The minimum Gasteiger partial charge on any atom is -0.455 e. The number of halogens is 1. The van der Waals surface area contributed by atoms with E-state index in [9.17, 15) is 19.7 Å². The van der Waals surface area contributed by atoms with Gasteiger partial charge in [0.15, 0.2) is 0 Å². The number of ether oxygens (including phenoxy) is 2. The summed E-state index contributed by atoms with van der Waals surface area (Å²) < 4.78 is 14.7. The molecular weight excluding hydrogens is 840 g/mol. The van der Waals surface area contributed by atoms with Crippen LogP contribution in [0.25, 0.3) is 16.6 Å². The smallest absolute Gasteiger partial charge is 0.293 e. The van der Waals surface area contributed by atoms with Crippen LogP contribution in [0, 0.1) is 15.5 Å². The number of nitrogens with zero attached hydrogens (tertiary/aromatic N) is 5. The van der Waals surface area contributed by atoms with E-state index in [1.165, 1.54) is 22.8 Å². The van der Waals surface area contributed by atoms with Crippen LogP contribution in [0.5, 0.6) is 11.5 Å². The molecule has 2 amide bonds. The van der Waals surface area contributed by atoms with Crippen molar-refractivity contribution < 1.29 is 24.0 Å². The number of rotatable bonds is 12. The van der Waals surface area contributed by atoms with Crippen LogP contribution < -0.4 is 19.7 Å². The molecule has 2 saturated heterocycles. The van der Waals surface area contributed by atoms with Gasteiger partial charge in [-0.15, -0.1) is 0 Å². The summed E-state index contributed by atoms with van der Waals surface area (Å²) in [6, 6.07) is 20.7. The Bertz CT molecular complexity index is 2570. The van der Waals surface area contributed by atoms with Crippen molar-refractivity contribution in [2.45, 2.75) is 56.9 Å². The number of hydrogen-bond acceptors (Lipinski definition) is 11. The van der Waals surface area contributed by atoms with Crippen LogP contribution in [0.1, 0.15) is 61.0 Å². The molecule has 0 saturated carbocycles. The van der Waals surface area contributed by atoms with E-state index in [1.807, 2.05) is 48.7 Å². The topological polar surface area (TPSA) is 158 Å². The van der Waals surface area contributed by atoms with Crippen LogP contribution in [-0.4, -0.2) is 102 Å². The molecule has 63 heavy (non-hydrogen) atoms. The number of nitro groups is 1. The molecule has 1 atom stereocenters. The SMILES string of the molecule is CC1(C)CCC(CN2CCN(c3ccc(C(=O)NSc4cc5c(c([N+](=O)[O-])c4)N[C@@H](CC(=O)N4CCOCC4)C5)c(Oc4cnc5[nH]ccc5c4)c3)CC2)=C(c2ccc(Cl)cc2)C1. The third-order valence-electron chi connectivity index (χ3n) is 12.6. The number of amides is 2. The number of carbonyl (C=O) groups excluding carboxylic acids is 2. The Hall–Kier alpha value is -5.61. The number of pyridine rings is 1. The number of allylic oxidation sites excluding steroid dienone is 1. The Kier molecular flexibility index (Phi) is 12.4. The lowest BCUT2D eigenvalue weighted by Gasteiger charge is -2.39. The summed E-state index contributed by atoms with van der Waals surface area (Å²) in [6.07, 6.45) is 7.39. The second-order valence-corrected chi connectivity index (χ2v) is 18.9. The number of aromatic amines is 1. The average Bonchev–Trinajstić information content (AvgIpc) is 3.93. The lowest BCUT2D eigenvalue weighted by molar-refractivity contribution is -0.384. The quantitative estimate of drug-likeness (QED) is 0.0625. The number of carbonyl (C=O) groups is 2. The fraction of sp³-hybridized carbons (Fsp3) is 0.383. The number of nitrogens with one attached hydrogen (secondary N) is 3. The second-order valence-electron chi connectivity index (χ2n) is 17.6. The van der Waals surface area contributed by atoms with Gasteiger partial charge in [0, 0.05) is 97.6 Å². The molecule has 14 nitrogen and oxygen atoms in total. The normalized spacial score (nSPS) is 18.9. The van der Waals surface area contributed by atoms with Crippen LogP contribution >= 0.6 is 23.5 Å². The second kappa shape index (κ2) is 18.2. The van der Waals surface area contributed by atoms with Crippen molar-refractivity contribution in [1.82, 2.24) is 24.5 Å². The van der Waals surface area contributed by atoms with Gasteiger partial charge in [0.05, 0.1) is 29.9 Å². The average molecular weight is 891 g/mol. The zero-order chi connectivity index (χ0) is 43.7. The molecular formula is C47H51ClN8O6S. The molecule has 2 aromatic heterocycles. The molecule has 16 heteroatoms. The Morgan fingerprint density at radius 3 is 2.60 bits per heavy atom. The molecule has 4 aliphatic rings. The van der Waals surface area contributed by atoms with Gasteiger partial charge >= 0.3 is 0 Å². The van der Waals surface area contributed by atoms with E-state index in [0.29, 0.717) is 60.4 Å². The van der Waals surface area contributed by atoms with E-state index in [4.69, 9.17) is 21.1 Å². The number of hydrogen-bond donors (Lipinski definition) is 3. The molecule has 1 aliphatic carbocycles. The summed E-state index contributed by atoms with van der Waals surface area (Å²) >= 11 is 7.26. The monoisotopic (exact) mass is 890 g/mol. The first-order chi connectivity index (χ1) is 30.4. The maximum atomic E-state index is 14.0. The van der Waals surface area contributed by atoms with Crippen LogP contribution in [0.2, 0.25) is 5.02 Å². The van der Waals surface area contributed by atoms with Crippen LogP contribution in [0.15, 0.2) is 89.6 Å². The van der Waals surface area contributed by atoms with Crippen molar-refractivity contribution in [3.8, 4) is 11.5 Å². The summed E-state index contributed by atoms with van der Waals surface area (Å²) in [5.74, 6) is 0.417. The Morgan fingerprint density at radius 2 is 1.83 bits per heavy atom. The molecule has 5 aromatic rings. The van der Waals surface area contributed by atoms with Gasteiger partial charge in [-0.2, -0.15) is 0 Å². The third-order valence-corrected chi connectivity index (χ3v) is 13.6.